The zero-order valence-corrected chi connectivity index (χ0v) is 10.9. The minimum absolute atomic E-state index is 0.0671. The maximum atomic E-state index is 10.4. The predicted molar refractivity (Wildman–Crippen MR) is 72.6 cm³/mol. The summed E-state index contributed by atoms with van der Waals surface area (Å²) in [6, 6.07) is 6.06. The Bertz CT molecular complexity index is 569. The van der Waals surface area contributed by atoms with Crippen molar-refractivity contribution in [3.63, 3.8) is 0 Å². The van der Waals surface area contributed by atoms with Crippen LogP contribution in [-0.2, 0) is 24.9 Å². The van der Waals surface area contributed by atoms with Crippen molar-refractivity contribution < 1.29 is 9.90 Å². The highest BCUT2D eigenvalue weighted by molar-refractivity contribution is 5.86. The van der Waals surface area contributed by atoms with Crippen LogP contribution in [0.3, 0.4) is 0 Å². The van der Waals surface area contributed by atoms with E-state index in [1.165, 1.54) is 22.2 Å². The van der Waals surface area contributed by atoms with Gasteiger partial charge in [0.15, 0.2) is 0 Å². The first kappa shape index (κ1) is 12.8. The molecule has 0 amide bonds. The largest absolute Gasteiger partial charge is 0.392 e. The molecule has 0 aliphatic carbocycles. The molecule has 0 atom stereocenters. The molecule has 0 aliphatic rings. The van der Waals surface area contributed by atoms with E-state index in [1.54, 1.807) is 0 Å². The molecule has 2 rings (SSSR count). The molecule has 2 aromatic rings. The van der Waals surface area contributed by atoms with Gasteiger partial charge in [-0.15, -0.1) is 0 Å². The number of aliphatic hydroxyl groups is 1. The Balaban J connectivity index is 2.48. The molecule has 0 fully saturated rings. The highest BCUT2D eigenvalue weighted by Gasteiger charge is 2.11. The van der Waals surface area contributed by atoms with Crippen LogP contribution in [0.4, 0.5) is 0 Å². The van der Waals surface area contributed by atoms with E-state index in [0.29, 0.717) is 6.42 Å². The zero-order valence-electron chi connectivity index (χ0n) is 10.9. The van der Waals surface area contributed by atoms with Crippen LogP contribution in [0.2, 0.25) is 0 Å². The summed E-state index contributed by atoms with van der Waals surface area (Å²) < 4.78 is 2.17. The average Bonchev–Trinajstić information content (AvgIpc) is 2.63. The number of aromatic nitrogens is 1. The maximum Gasteiger partial charge on any atom is 0.120 e. The van der Waals surface area contributed by atoms with E-state index in [9.17, 15) is 9.90 Å². The predicted octanol–water partition coefficient (Wildman–Crippen LogP) is 2.50. The fraction of sp³-hybridized carbons (Fsp3) is 0.400. The second-order valence-corrected chi connectivity index (χ2v) is 4.69. The van der Waals surface area contributed by atoms with E-state index in [0.717, 1.165) is 24.7 Å². The van der Waals surface area contributed by atoms with Crippen LogP contribution in [0.25, 0.3) is 10.9 Å². The molecule has 0 saturated heterocycles. The van der Waals surface area contributed by atoms with Crippen molar-refractivity contribution in [1.82, 2.24) is 4.57 Å². The lowest BCUT2D eigenvalue weighted by Crippen LogP contribution is -1.93. The molecule has 3 nitrogen and oxygen atoms in total. The van der Waals surface area contributed by atoms with Crippen LogP contribution in [0.1, 0.15) is 29.7 Å². The number of hydrogen-bond acceptors (Lipinski definition) is 2. The Morgan fingerprint density at radius 1 is 1.39 bits per heavy atom. The van der Waals surface area contributed by atoms with Gasteiger partial charge in [0, 0.05) is 30.1 Å². The number of fused-ring (bicyclic) bond motifs is 1. The number of aliphatic hydroxyl groups excluding tert-OH is 1. The van der Waals surface area contributed by atoms with Crippen LogP contribution in [0.5, 0.6) is 0 Å². The van der Waals surface area contributed by atoms with E-state index in [4.69, 9.17) is 0 Å². The normalized spacial score (nSPS) is 11.1. The molecule has 0 saturated carbocycles. The number of aldehydes is 1. The number of rotatable bonds is 5. The van der Waals surface area contributed by atoms with Crippen molar-refractivity contribution >= 4 is 17.2 Å². The lowest BCUT2D eigenvalue weighted by atomic mass is 10.0. The van der Waals surface area contributed by atoms with Gasteiger partial charge in [-0.3, -0.25) is 0 Å². The molecule has 3 heteroatoms. The summed E-state index contributed by atoms with van der Waals surface area (Å²) in [5.41, 5.74) is 4.66. The molecule has 96 valence electrons. The number of carbonyl (C=O) groups excluding carboxylic acids is 1. The lowest BCUT2D eigenvalue weighted by Gasteiger charge is -2.01. The summed E-state index contributed by atoms with van der Waals surface area (Å²) >= 11 is 0. The van der Waals surface area contributed by atoms with Crippen LogP contribution >= 0.6 is 0 Å². The Kier molecular flexibility index (Phi) is 3.82. The van der Waals surface area contributed by atoms with Gasteiger partial charge in [-0.25, -0.2) is 0 Å². The Hall–Kier alpha value is -1.61. The summed E-state index contributed by atoms with van der Waals surface area (Å²) in [5.74, 6) is 0. The molecular weight excluding hydrogens is 226 g/mol. The smallest absolute Gasteiger partial charge is 0.120 e. The second kappa shape index (κ2) is 5.36. The van der Waals surface area contributed by atoms with Gasteiger partial charge in [0.2, 0.25) is 0 Å². The van der Waals surface area contributed by atoms with Gasteiger partial charge in [0.1, 0.15) is 6.29 Å². The monoisotopic (exact) mass is 245 g/mol. The van der Waals surface area contributed by atoms with E-state index in [2.05, 4.69) is 30.7 Å². The quantitative estimate of drug-likeness (QED) is 0.649. The van der Waals surface area contributed by atoms with Crippen LogP contribution in [0, 0.1) is 6.92 Å². The maximum absolute atomic E-state index is 10.4. The first-order chi connectivity index (χ1) is 8.69. The van der Waals surface area contributed by atoms with E-state index < -0.39 is 0 Å². The molecule has 0 unspecified atom stereocenters. The van der Waals surface area contributed by atoms with Crippen molar-refractivity contribution in [1.29, 1.82) is 0 Å². The second-order valence-electron chi connectivity index (χ2n) is 4.69. The highest BCUT2D eigenvalue weighted by Crippen LogP contribution is 2.27. The summed E-state index contributed by atoms with van der Waals surface area (Å²) in [5, 5.41) is 10.4. The van der Waals surface area contributed by atoms with Gasteiger partial charge < -0.3 is 14.5 Å². The van der Waals surface area contributed by atoms with Crippen molar-refractivity contribution in [2.24, 2.45) is 7.05 Å². The van der Waals surface area contributed by atoms with Gasteiger partial charge in [-0.05, 0) is 43.0 Å². The highest BCUT2D eigenvalue weighted by atomic mass is 16.3. The van der Waals surface area contributed by atoms with Crippen molar-refractivity contribution in [3.05, 3.63) is 35.0 Å². The van der Waals surface area contributed by atoms with Gasteiger partial charge in [-0.1, -0.05) is 6.07 Å². The molecule has 0 aliphatic heterocycles. The summed E-state index contributed by atoms with van der Waals surface area (Å²) in [6.07, 6.45) is 3.37. The third kappa shape index (κ3) is 2.18. The molecule has 1 heterocycles. The molecule has 0 radical (unpaired) electrons. The summed E-state index contributed by atoms with van der Waals surface area (Å²) in [6.45, 7) is 2.17. The SMILES string of the molecule is Cc1c(CCCC=O)c2cc(CO)ccc2n1C. The minimum atomic E-state index is 0.0671. The average molecular weight is 245 g/mol. The Morgan fingerprint density at radius 3 is 2.83 bits per heavy atom. The first-order valence-electron chi connectivity index (χ1n) is 6.30. The van der Waals surface area contributed by atoms with Crippen molar-refractivity contribution in [3.8, 4) is 0 Å². The fourth-order valence-corrected chi connectivity index (χ4v) is 2.47. The first-order valence-corrected chi connectivity index (χ1v) is 6.30. The van der Waals surface area contributed by atoms with Crippen molar-refractivity contribution in [2.45, 2.75) is 32.8 Å². The Morgan fingerprint density at radius 2 is 2.17 bits per heavy atom. The molecular formula is C15H19NO2. The number of carbonyl (C=O) groups is 1. The zero-order chi connectivity index (χ0) is 13.1. The van der Waals surface area contributed by atoms with Gasteiger partial charge >= 0.3 is 0 Å². The number of nitrogens with zero attached hydrogens (tertiary/aromatic N) is 1. The summed E-state index contributed by atoms with van der Waals surface area (Å²) in [4.78, 5) is 10.4. The third-order valence-electron chi connectivity index (χ3n) is 3.62. The summed E-state index contributed by atoms with van der Waals surface area (Å²) in [7, 11) is 2.06. The topological polar surface area (TPSA) is 42.2 Å². The van der Waals surface area contributed by atoms with E-state index in [1.807, 2.05) is 6.07 Å². The molecule has 0 bridgehead atoms. The Labute approximate surface area is 107 Å². The molecule has 18 heavy (non-hydrogen) atoms. The molecule has 1 N–H and O–H groups in total. The van der Waals surface area contributed by atoms with E-state index in [-0.39, 0.29) is 6.61 Å². The minimum Gasteiger partial charge on any atom is -0.392 e. The molecule has 1 aromatic heterocycles. The fourth-order valence-electron chi connectivity index (χ4n) is 2.47. The third-order valence-corrected chi connectivity index (χ3v) is 3.62. The van der Waals surface area contributed by atoms with Crippen LogP contribution in [-0.4, -0.2) is 16.0 Å². The van der Waals surface area contributed by atoms with Gasteiger partial charge in [0.05, 0.1) is 6.61 Å². The van der Waals surface area contributed by atoms with Crippen molar-refractivity contribution in [2.75, 3.05) is 0 Å². The number of hydrogen-bond donors (Lipinski definition) is 1. The van der Waals surface area contributed by atoms with Crippen LogP contribution in [0.15, 0.2) is 18.2 Å². The molecule has 1 aromatic carbocycles. The standard InChI is InChI=1S/C15H19NO2/c1-11-13(5-3-4-8-17)14-9-12(10-18)6-7-15(14)16(11)2/h6-9,18H,3-5,10H2,1-2H3. The van der Waals surface area contributed by atoms with E-state index >= 15 is 0 Å². The number of unbranched alkanes of at least 4 members (excludes halogenated alkanes) is 1. The number of benzene rings is 1. The van der Waals surface area contributed by atoms with Gasteiger partial charge in [0.25, 0.3) is 0 Å². The lowest BCUT2D eigenvalue weighted by molar-refractivity contribution is -0.107. The van der Waals surface area contributed by atoms with Crippen LogP contribution < -0.4 is 0 Å². The number of aryl methyl sites for hydroxylation is 2. The molecule has 0 spiro atoms. The van der Waals surface area contributed by atoms with Gasteiger partial charge in [-0.2, -0.15) is 0 Å².